The Morgan fingerprint density at radius 1 is 0.939 bits per heavy atom. The Kier molecular flexibility index (Phi) is 6.48. The highest BCUT2D eigenvalue weighted by molar-refractivity contribution is 7.21. The molecule has 0 unspecified atom stereocenters. The zero-order chi connectivity index (χ0) is 22.8. The Labute approximate surface area is 202 Å². The van der Waals surface area contributed by atoms with Gasteiger partial charge in [-0.15, -0.1) is 11.3 Å². The number of hydrogen-bond acceptors (Lipinski definition) is 2. The lowest BCUT2D eigenvalue weighted by Gasteiger charge is -2.34. The van der Waals surface area contributed by atoms with Gasteiger partial charge in [-0.3, -0.25) is 4.79 Å². The van der Waals surface area contributed by atoms with E-state index in [9.17, 15) is 9.18 Å². The summed E-state index contributed by atoms with van der Waals surface area (Å²) in [4.78, 5) is 16.2. The maximum atomic E-state index is 15.0. The highest BCUT2D eigenvalue weighted by atomic mass is 35.5. The summed E-state index contributed by atoms with van der Waals surface area (Å²) in [6, 6.07) is 23.0. The van der Waals surface area contributed by atoms with E-state index in [0.717, 1.165) is 46.9 Å². The van der Waals surface area contributed by atoms with Crippen LogP contribution in [0.3, 0.4) is 0 Å². The molecule has 0 bridgehead atoms. The molecule has 4 aromatic rings. The second-order valence-electron chi connectivity index (χ2n) is 8.64. The molecule has 0 spiro atoms. The van der Waals surface area contributed by atoms with Crippen LogP contribution in [-0.2, 0) is 6.54 Å². The van der Waals surface area contributed by atoms with Crippen molar-refractivity contribution >= 4 is 38.9 Å². The number of rotatable bonds is 5. The number of halogens is 2. The van der Waals surface area contributed by atoms with Crippen LogP contribution in [0.2, 0.25) is 5.02 Å². The van der Waals surface area contributed by atoms with Gasteiger partial charge in [0.2, 0.25) is 0 Å². The predicted octanol–water partition coefficient (Wildman–Crippen LogP) is 8.34. The van der Waals surface area contributed by atoms with E-state index in [2.05, 4.69) is 0 Å². The van der Waals surface area contributed by atoms with Gasteiger partial charge in [-0.1, -0.05) is 85.5 Å². The molecule has 1 saturated carbocycles. The summed E-state index contributed by atoms with van der Waals surface area (Å²) in [7, 11) is 0. The lowest BCUT2D eigenvalue weighted by Crippen LogP contribution is -2.41. The molecule has 1 amide bonds. The first kappa shape index (κ1) is 22.1. The van der Waals surface area contributed by atoms with Crippen LogP contribution < -0.4 is 0 Å². The first-order valence-electron chi connectivity index (χ1n) is 11.4. The molecule has 0 N–H and O–H groups in total. The van der Waals surface area contributed by atoms with E-state index in [4.69, 9.17) is 11.6 Å². The minimum Gasteiger partial charge on any atom is -0.330 e. The van der Waals surface area contributed by atoms with Gasteiger partial charge in [0, 0.05) is 28.2 Å². The molecule has 0 atom stereocenters. The fourth-order valence-electron chi connectivity index (χ4n) is 4.73. The second-order valence-corrected chi connectivity index (χ2v) is 10.1. The van der Waals surface area contributed by atoms with Crippen molar-refractivity contribution in [1.29, 1.82) is 0 Å². The fourth-order valence-corrected chi connectivity index (χ4v) is 6.20. The van der Waals surface area contributed by atoms with E-state index in [1.165, 1.54) is 23.8 Å². The number of nitrogens with zero attached hydrogens (tertiary/aromatic N) is 1. The SMILES string of the molecule is O=C(c1sc2ccccc2c1Cl)N(Cc1cc(-c2ccccc2)ccc1F)C1CCCCC1. The largest absolute Gasteiger partial charge is 0.330 e. The van der Waals surface area contributed by atoms with E-state index >= 15 is 0 Å². The van der Waals surface area contributed by atoms with Gasteiger partial charge in [0.05, 0.1) is 5.02 Å². The number of carbonyl (C=O) groups is 1. The van der Waals surface area contributed by atoms with Crippen molar-refractivity contribution in [1.82, 2.24) is 4.90 Å². The Morgan fingerprint density at radius 2 is 1.67 bits per heavy atom. The maximum absolute atomic E-state index is 15.0. The van der Waals surface area contributed by atoms with Crippen molar-refractivity contribution in [3.05, 3.63) is 94.1 Å². The van der Waals surface area contributed by atoms with Gasteiger partial charge in [-0.2, -0.15) is 0 Å². The first-order valence-corrected chi connectivity index (χ1v) is 12.6. The van der Waals surface area contributed by atoms with Crippen molar-refractivity contribution in [2.75, 3.05) is 0 Å². The van der Waals surface area contributed by atoms with Crippen LogP contribution in [0, 0.1) is 5.82 Å². The zero-order valence-electron chi connectivity index (χ0n) is 18.3. The van der Waals surface area contributed by atoms with Crippen molar-refractivity contribution in [3.8, 4) is 11.1 Å². The average molecular weight is 478 g/mol. The van der Waals surface area contributed by atoms with E-state index < -0.39 is 0 Å². The summed E-state index contributed by atoms with van der Waals surface area (Å²) in [5.74, 6) is -0.386. The Bertz CT molecular complexity index is 1280. The smallest absolute Gasteiger partial charge is 0.266 e. The Balaban J connectivity index is 1.52. The van der Waals surface area contributed by atoms with E-state index in [1.54, 1.807) is 6.07 Å². The highest BCUT2D eigenvalue weighted by Crippen LogP contribution is 2.37. The summed E-state index contributed by atoms with van der Waals surface area (Å²) >= 11 is 8.09. The molecular formula is C28H25ClFNOS. The third-order valence-corrected chi connectivity index (χ3v) is 8.16. The van der Waals surface area contributed by atoms with Gasteiger partial charge < -0.3 is 4.90 Å². The van der Waals surface area contributed by atoms with Gasteiger partial charge in [-0.05, 0) is 42.2 Å². The minimum atomic E-state index is -0.286. The van der Waals surface area contributed by atoms with Crippen LogP contribution in [0.5, 0.6) is 0 Å². The Morgan fingerprint density at radius 3 is 2.42 bits per heavy atom. The quantitative estimate of drug-likeness (QED) is 0.283. The number of benzene rings is 3. The zero-order valence-corrected chi connectivity index (χ0v) is 19.8. The highest BCUT2D eigenvalue weighted by Gasteiger charge is 2.30. The minimum absolute atomic E-state index is 0.0901. The molecule has 1 aliphatic rings. The van der Waals surface area contributed by atoms with Crippen LogP contribution in [0.4, 0.5) is 4.39 Å². The monoisotopic (exact) mass is 477 g/mol. The molecule has 0 saturated heterocycles. The molecule has 168 valence electrons. The fraction of sp³-hybridized carbons (Fsp3) is 0.250. The van der Waals surface area contributed by atoms with Crippen LogP contribution in [0.25, 0.3) is 21.2 Å². The van der Waals surface area contributed by atoms with Crippen LogP contribution >= 0.6 is 22.9 Å². The lowest BCUT2D eigenvalue weighted by atomic mass is 9.93. The van der Waals surface area contributed by atoms with Gasteiger partial charge in [0.25, 0.3) is 5.91 Å². The summed E-state index contributed by atoms with van der Waals surface area (Å²) < 4.78 is 16.0. The molecule has 1 aromatic heterocycles. The number of amides is 1. The number of thiophene rings is 1. The molecule has 1 heterocycles. The second kappa shape index (κ2) is 9.66. The summed E-state index contributed by atoms with van der Waals surface area (Å²) in [5, 5.41) is 1.40. The number of hydrogen-bond donors (Lipinski definition) is 0. The molecular weight excluding hydrogens is 453 g/mol. The summed E-state index contributed by atoms with van der Waals surface area (Å²) in [6.45, 7) is 0.237. The maximum Gasteiger partial charge on any atom is 0.266 e. The van der Waals surface area contributed by atoms with E-state index in [-0.39, 0.29) is 24.3 Å². The molecule has 5 heteroatoms. The number of fused-ring (bicyclic) bond motifs is 1. The van der Waals surface area contributed by atoms with Gasteiger partial charge in [0.1, 0.15) is 10.7 Å². The van der Waals surface area contributed by atoms with Crippen molar-refractivity contribution in [3.63, 3.8) is 0 Å². The van der Waals surface area contributed by atoms with Gasteiger partial charge in [0.15, 0.2) is 0 Å². The normalized spacial score (nSPS) is 14.5. The average Bonchev–Trinajstić information content (AvgIpc) is 3.21. The molecule has 0 aliphatic heterocycles. The summed E-state index contributed by atoms with van der Waals surface area (Å²) in [5.41, 5.74) is 2.51. The standard InChI is InChI=1S/C28H25ClFNOS/c29-26-23-13-7-8-14-25(23)33-27(26)28(32)31(22-11-5-2-6-12-22)18-21-17-20(15-16-24(21)30)19-9-3-1-4-10-19/h1,3-4,7-10,13-17,22H,2,5-6,11-12,18H2. The summed E-state index contributed by atoms with van der Waals surface area (Å²) in [6.07, 6.45) is 5.23. The van der Waals surface area contributed by atoms with E-state index in [0.29, 0.717) is 15.5 Å². The number of carbonyl (C=O) groups excluding carboxylic acids is 1. The third kappa shape index (κ3) is 4.55. The Hall–Kier alpha value is -2.69. The molecule has 1 fully saturated rings. The molecule has 1 aliphatic carbocycles. The van der Waals surface area contributed by atoms with Crippen molar-refractivity contribution < 1.29 is 9.18 Å². The lowest BCUT2D eigenvalue weighted by molar-refractivity contribution is 0.0617. The molecule has 2 nitrogen and oxygen atoms in total. The van der Waals surface area contributed by atoms with Crippen LogP contribution in [-0.4, -0.2) is 16.8 Å². The van der Waals surface area contributed by atoms with Gasteiger partial charge in [-0.25, -0.2) is 4.39 Å². The van der Waals surface area contributed by atoms with Gasteiger partial charge >= 0.3 is 0 Å². The molecule has 33 heavy (non-hydrogen) atoms. The van der Waals surface area contributed by atoms with Crippen LogP contribution in [0.15, 0.2) is 72.8 Å². The van der Waals surface area contributed by atoms with Crippen molar-refractivity contribution in [2.45, 2.75) is 44.7 Å². The predicted molar refractivity (Wildman–Crippen MR) is 135 cm³/mol. The topological polar surface area (TPSA) is 20.3 Å². The first-order chi connectivity index (χ1) is 16.1. The molecule has 3 aromatic carbocycles. The third-order valence-electron chi connectivity index (χ3n) is 6.50. The van der Waals surface area contributed by atoms with Crippen molar-refractivity contribution in [2.24, 2.45) is 0 Å². The molecule has 5 rings (SSSR count). The van der Waals surface area contributed by atoms with E-state index in [1.807, 2.05) is 65.6 Å². The van der Waals surface area contributed by atoms with Crippen LogP contribution in [0.1, 0.15) is 47.3 Å². The molecule has 0 radical (unpaired) electrons.